The molecular weight excluding hydrogens is 340 g/mol. The lowest BCUT2D eigenvalue weighted by Crippen LogP contribution is -2.46. The first kappa shape index (κ1) is 18.3. The van der Waals surface area contributed by atoms with Crippen LogP contribution in [0.5, 0.6) is 0 Å². The molecule has 2 N–H and O–H groups in total. The van der Waals surface area contributed by atoms with Crippen LogP contribution in [0, 0.1) is 5.41 Å². The number of benzene rings is 1. The molecule has 0 bridgehead atoms. The Morgan fingerprint density at radius 3 is 2.84 bits per heavy atom. The fourth-order valence-electron chi connectivity index (χ4n) is 3.63. The maximum Gasteiger partial charge on any atom is 0.283 e. The second-order valence-corrected chi connectivity index (χ2v) is 8.49. The number of hydrogen-bond donors (Lipinski definition) is 2. The van der Waals surface area contributed by atoms with Gasteiger partial charge in [0.2, 0.25) is 0 Å². The van der Waals surface area contributed by atoms with E-state index in [4.69, 9.17) is 0 Å². The van der Waals surface area contributed by atoms with Crippen LogP contribution in [-0.2, 0) is 16.6 Å². The third kappa shape index (κ3) is 4.03. The summed E-state index contributed by atoms with van der Waals surface area (Å²) in [5.74, 6) is 0. The Kier molecular flexibility index (Phi) is 5.43. The Bertz CT molecular complexity index is 729. The normalized spacial score (nSPS) is 20.7. The molecule has 1 heterocycles. The van der Waals surface area contributed by atoms with Crippen molar-refractivity contribution in [3.63, 3.8) is 0 Å². The van der Waals surface area contributed by atoms with Gasteiger partial charge in [0.15, 0.2) is 0 Å². The Morgan fingerprint density at radius 1 is 1.40 bits per heavy atom. The molecule has 1 aromatic rings. The molecule has 1 spiro atoms. The van der Waals surface area contributed by atoms with Crippen LogP contribution in [0.3, 0.4) is 0 Å². The van der Waals surface area contributed by atoms with Gasteiger partial charge in [0.1, 0.15) is 6.34 Å². The van der Waals surface area contributed by atoms with Gasteiger partial charge in [-0.2, -0.15) is 13.5 Å². The van der Waals surface area contributed by atoms with Crippen molar-refractivity contribution < 1.29 is 13.5 Å². The molecule has 0 radical (unpaired) electrons. The first-order chi connectivity index (χ1) is 12.0. The van der Waals surface area contributed by atoms with Crippen LogP contribution in [0.25, 0.3) is 0 Å². The average Bonchev–Trinajstić information content (AvgIpc) is 3.26. The second kappa shape index (κ2) is 7.41. The third-order valence-electron chi connectivity index (χ3n) is 5.12. The molecular formula is C17H26N4O3S. The topological polar surface area (TPSA) is 85.2 Å². The van der Waals surface area contributed by atoms with Gasteiger partial charge in [-0.25, -0.2) is 5.43 Å². The van der Waals surface area contributed by atoms with Crippen LogP contribution < -0.4 is 5.43 Å². The molecule has 138 valence electrons. The predicted molar refractivity (Wildman–Crippen MR) is 96.0 cm³/mol. The van der Waals surface area contributed by atoms with Gasteiger partial charge in [0.05, 0.1) is 11.5 Å². The van der Waals surface area contributed by atoms with Crippen LogP contribution in [0.1, 0.15) is 38.2 Å². The molecule has 1 aliphatic carbocycles. The zero-order valence-electron chi connectivity index (χ0n) is 14.6. The molecule has 2 fully saturated rings. The van der Waals surface area contributed by atoms with Gasteiger partial charge in [-0.15, -0.1) is 4.40 Å². The lowest BCUT2D eigenvalue weighted by Gasteiger charge is -2.29. The molecule has 3 rings (SSSR count). The van der Waals surface area contributed by atoms with E-state index in [0.717, 1.165) is 13.1 Å². The Morgan fingerprint density at radius 2 is 2.16 bits per heavy atom. The lowest BCUT2D eigenvalue weighted by molar-refractivity contribution is 0.0246. The van der Waals surface area contributed by atoms with E-state index >= 15 is 0 Å². The van der Waals surface area contributed by atoms with Crippen molar-refractivity contribution in [3.8, 4) is 0 Å². The van der Waals surface area contributed by atoms with E-state index in [2.05, 4.69) is 9.82 Å². The van der Waals surface area contributed by atoms with Gasteiger partial charge in [-0.05, 0) is 37.5 Å². The van der Waals surface area contributed by atoms with E-state index < -0.39 is 10.0 Å². The molecule has 0 unspecified atom stereocenters. The highest BCUT2D eigenvalue weighted by molar-refractivity contribution is 7.90. The number of hydrazine groups is 2. The number of aliphatic hydroxyl groups excluding tert-OH is 1. The average molecular weight is 366 g/mol. The number of nitrogens with one attached hydrogen (secondary N) is 1. The van der Waals surface area contributed by atoms with Crippen LogP contribution in [-0.4, -0.2) is 49.6 Å². The Balaban J connectivity index is 1.72. The number of sulfonamides is 1. The second-order valence-electron chi connectivity index (χ2n) is 6.86. The van der Waals surface area contributed by atoms with Gasteiger partial charge in [-0.3, -0.25) is 5.01 Å². The highest BCUT2D eigenvalue weighted by Gasteiger charge is 2.41. The van der Waals surface area contributed by atoms with Gasteiger partial charge >= 0.3 is 0 Å². The zero-order valence-corrected chi connectivity index (χ0v) is 15.4. The Hall–Kier alpha value is -1.48. The first-order valence-corrected chi connectivity index (χ1v) is 10.2. The van der Waals surface area contributed by atoms with Crippen molar-refractivity contribution in [2.75, 3.05) is 19.6 Å². The summed E-state index contributed by atoms with van der Waals surface area (Å²) >= 11 is 0. The van der Waals surface area contributed by atoms with E-state index in [-0.39, 0.29) is 11.5 Å². The predicted octanol–water partition coefficient (Wildman–Crippen LogP) is 1.51. The summed E-state index contributed by atoms with van der Waals surface area (Å²) in [6.07, 6.45) is 6.35. The molecule has 1 saturated carbocycles. The van der Waals surface area contributed by atoms with Crippen LogP contribution in [0.15, 0.2) is 33.6 Å². The first-order valence-electron chi connectivity index (χ1n) is 8.76. The van der Waals surface area contributed by atoms with E-state index in [0.29, 0.717) is 17.5 Å². The van der Waals surface area contributed by atoms with Crippen molar-refractivity contribution >= 4 is 16.4 Å². The lowest BCUT2D eigenvalue weighted by atomic mass is 9.88. The van der Waals surface area contributed by atoms with Crippen molar-refractivity contribution in [1.82, 2.24) is 15.6 Å². The number of nitrogens with zero attached hydrogens (tertiary/aromatic N) is 3. The van der Waals surface area contributed by atoms with E-state index in [9.17, 15) is 13.5 Å². The van der Waals surface area contributed by atoms with Crippen LogP contribution in [0.2, 0.25) is 0 Å². The molecule has 7 nitrogen and oxygen atoms in total. The minimum atomic E-state index is -3.79. The minimum Gasteiger partial charge on any atom is -0.392 e. The van der Waals surface area contributed by atoms with Crippen molar-refractivity contribution in [2.45, 2.75) is 44.1 Å². The van der Waals surface area contributed by atoms with Gasteiger partial charge in [-0.1, -0.05) is 25.0 Å². The molecule has 0 aromatic heterocycles. The third-order valence-corrected chi connectivity index (χ3v) is 6.34. The summed E-state index contributed by atoms with van der Waals surface area (Å²) in [5.41, 5.74) is 4.24. The molecule has 1 aromatic carbocycles. The number of aliphatic hydroxyl groups is 1. The van der Waals surface area contributed by atoms with E-state index in [1.54, 1.807) is 17.1 Å². The van der Waals surface area contributed by atoms with Crippen LogP contribution in [0.4, 0.5) is 0 Å². The minimum absolute atomic E-state index is 0.0907. The maximum absolute atomic E-state index is 12.4. The molecule has 1 saturated heterocycles. The van der Waals surface area contributed by atoms with Crippen molar-refractivity contribution in [3.05, 3.63) is 29.8 Å². The largest absolute Gasteiger partial charge is 0.392 e. The van der Waals surface area contributed by atoms with Crippen molar-refractivity contribution in [1.29, 1.82) is 0 Å². The summed E-state index contributed by atoms with van der Waals surface area (Å²) in [7, 11) is -3.79. The molecule has 8 heteroatoms. The van der Waals surface area contributed by atoms with Crippen molar-refractivity contribution in [2.24, 2.45) is 9.81 Å². The van der Waals surface area contributed by atoms with Crippen LogP contribution >= 0.6 is 0 Å². The fraction of sp³-hybridized carbons (Fsp3) is 0.588. The molecule has 0 atom stereocenters. The standard InChI is InChI=1S/C17H26N4O3S/c1-2-20(21-13-17(12-18-21)8-3-4-9-17)14-19-25(23,24)16-7-5-6-15(10-16)11-22/h5-7,10,14,18,22H,2-4,8-9,11-13H2,1H3. The summed E-state index contributed by atoms with van der Waals surface area (Å²) in [6.45, 7) is 4.20. The molecule has 25 heavy (non-hydrogen) atoms. The van der Waals surface area contributed by atoms with E-state index in [1.165, 1.54) is 44.2 Å². The zero-order chi connectivity index (χ0) is 17.9. The summed E-state index contributed by atoms with van der Waals surface area (Å²) in [4.78, 5) is 0.0907. The molecule has 1 aliphatic heterocycles. The quantitative estimate of drug-likeness (QED) is 0.586. The smallest absolute Gasteiger partial charge is 0.283 e. The maximum atomic E-state index is 12.4. The number of hydrogen-bond acceptors (Lipinski definition) is 5. The fourth-order valence-corrected chi connectivity index (χ4v) is 4.53. The van der Waals surface area contributed by atoms with E-state index in [1.807, 2.05) is 12.0 Å². The van der Waals surface area contributed by atoms with Gasteiger partial charge < -0.3 is 5.11 Å². The SMILES string of the molecule is CCN(C=NS(=O)(=O)c1cccc(CO)c1)N1CC2(CCCC2)CN1. The molecule has 0 amide bonds. The summed E-state index contributed by atoms with van der Waals surface area (Å²) in [5, 5.41) is 13.0. The Labute approximate surface area is 149 Å². The van der Waals surface area contributed by atoms with Gasteiger partial charge in [0, 0.05) is 25.0 Å². The highest BCUT2D eigenvalue weighted by Crippen LogP contribution is 2.40. The summed E-state index contributed by atoms with van der Waals surface area (Å²) in [6, 6.07) is 6.22. The highest BCUT2D eigenvalue weighted by atomic mass is 32.2. The molecule has 2 aliphatic rings. The van der Waals surface area contributed by atoms with Gasteiger partial charge in [0.25, 0.3) is 10.0 Å². The monoisotopic (exact) mass is 366 g/mol. The summed E-state index contributed by atoms with van der Waals surface area (Å²) < 4.78 is 28.7. The number of rotatable bonds is 6.